The highest BCUT2D eigenvalue weighted by atomic mass is 35.5. The Morgan fingerprint density at radius 3 is 2.68 bits per heavy atom. The third-order valence-corrected chi connectivity index (χ3v) is 4.23. The zero-order valence-corrected chi connectivity index (χ0v) is 16.5. The van der Waals surface area contributed by atoms with Gasteiger partial charge >= 0.3 is 17.6 Å². The zero-order chi connectivity index (χ0) is 20.7. The molecular formula is C20H21ClO7. The molecule has 150 valence electrons. The molecule has 7 nitrogen and oxygen atoms in total. The van der Waals surface area contributed by atoms with E-state index in [2.05, 4.69) is 6.58 Å². The highest BCUT2D eigenvalue weighted by Gasteiger charge is 2.16. The molecule has 0 fully saturated rings. The summed E-state index contributed by atoms with van der Waals surface area (Å²) < 4.78 is 20.4. The van der Waals surface area contributed by atoms with Gasteiger partial charge in [-0.05, 0) is 31.9 Å². The van der Waals surface area contributed by atoms with Crippen molar-refractivity contribution in [2.24, 2.45) is 0 Å². The van der Waals surface area contributed by atoms with Crippen LogP contribution >= 0.6 is 11.6 Å². The van der Waals surface area contributed by atoms with Crippen LogP contribution in [0.4, 0.5) is 0 Å². The molecule has 1 aromatic carbocycles. The van der Waals surface area contributed by atoms with Crippen LogP contribution in [-0.4, -0.2) is 31.8 Å². The van der Waals surface area contributed by atoms with Crippen LogP contribution in [-0.2, 0) is 25.5 Å². The van der Waals surface area contributed by atoms with Gasteiger partial charge in [-0.2, -0.15) is 0 Å². The van der Waals surface area contributed by atoms with Crippen LogP contribution < -0.4 is 10.4 Å². The Morgan fingerprint density at radius 2 is 2.00 bits per heavy atom. The van der Waals surface area contributed by atoms with Gasteiger partial charge in [0.25, 0.3) is 0 Å². The van der Waals surface area contributed by atoms with Gasteiger partial charge in [0.1, 0.15) is 17.9 Å². The maximum absolute atomic E-state index is 12.3. The van der Waals surface area contributed by atoms with Gasteiger partial charge < -0.3 is 18.6 Å². The van der Waals surface area contributed by atoms with Crippen LogP contribution in [0.15, 0.2) is 34.0 Å². The number of rotatable bonds is 9. The topological polar surface area (TPSA) is 92.0 Å². The Hall–Kier alpha value is -2.80. The molecule has 0 atom stereocenters. The van der Waals surface area contributed by atoms with Gasteiger partial charge in [0.15, 0.2) is 6.61 Å². The number of fused-ring (bicyclic) bond motifs is 1. The molecule has 0 spiro atoms. The summed E-state index contributed by atoms with van der Waals surface area (Å²) in [4.78, 5) is 35.4. The van der Waals surface area contributed by atoms with Crippen molar-refractivity contribution < 1.29 is 28.2 Å². The molecule has 2 aromatic rings. The summed E-state index contributed by atoms with van der Waals surface area (Å²) in [5, 5.41) is 0.863. The van der Waals surface area contributed by atoms with Crippen molar-refractivity contribution in [3.8, 4) is 5.75 Å². The van der Waals surface area contributed by atoms with E-state index in [9.17, 15) is 14.4 Å². The van der Waals surface area contributed by atoms with E-state index in [4.69, 9.17) is 30.2 Å². The van der Waals surface area contributed by atoms with E-state index in [1.807, 2.05) is 0 Å². The number of hydrogen-bond donors (Lipinski definition) is 0. The van der Waals surface area contributed by atoms with Gasteiger partial charge in [-0.3, -0.25) is 4.79 Å². The first-order valence-electron chi connectivity index (χ1n) is 8.68. The second-order valence-electron chi connectivity index (χ2n) is 5.84. The Bertz CT molecular complexity index is 946. The molecule has 0 saturated heterocycles. The number of benzene rings is 1. The van der Waals surface area contributed by atoms with Crippen LogP contribution in [0.1, 0.15) is 24.5 Å². The summed E-state index contributed by atoms with van der Waals surface area (Å²) in [6.07, 6.45) is 1.72. The molecule has 0 radical (unpaired) electrons. The molecule has 0 unspecified atom stereocenters. The van der Waals surface area contributed by atoms with Gasteiger partial charge in [0, 0.05) is 23.4 Å². The molecular weight excluding hydrogens is 388 g/mol. The molecule has 0 bridgehead atoms. The van der Waals surface area contributed by atoms with E-state index in [-0.39, 0.29) is 55.0 Å². The second-order valence-corrected chi connectivity index (χ2v) is 6.24. The van der Waals surface area contributed by atoms with Gasteiger partial charge in [0.2, 0.25) is 0 Å². The molecule has 0 aliphatic heterocycles. The van der Waals surface area contributed by atoms with E-state index in [0.717, 1.165) is 0 Å². The van der Waals surface area contributed by atoms with Crippen LogP contribution in [0.25, 0.3) is 11.0 Å². The average Bonchev–Trinajstić information content (AvgIpc) is 2.65. The first-order valence-corrected chi connectivity index (χ1v) is 9.05. The number of aryl methyl sites for hydroxylation is 1. The van der Waals surface area contributed by atoms with Crippen molar-refractivity contribution >= 4 is 34.5 Å². The maximum atomic E-state index is 12.3. The van der Waals surface area contributed by atoms with E-state index in [1.54, 1.807) is 19.9 Å². The standard InChI is InChI=1S/C20H21ClO7/c1-4-8-26-19(23)11-27-17-10-16-14(9-15(17)21)12(3)13(20(24)28-16)6-7-18(22)25-5-2/h4,9-10H,1,5-8,11H2,2-3H3. The highest BCUT2D eigenvalue weighted by molar-refractivity contribution is 6.32. The minimum absolute atomic E-state index is 0.0761. The lowest BCUT2D eigenvalue weighted by molar-refractivity contribution is -0.145. The SMILES string of the molecule is C=CCOC(=O)COc1cc2oc(=O)c(CCC(=O)OCC)c(C)c2cc1Cl. The van der Waals surface area contributed by atoms with E-state index in [1.165, 1.54) is 12.1 Å². The highest BCUT2D eigenvalue weighted by Crippen LogP contribution is 2.32. The lowest BCUT2D eigenvalue weighted by Gasteiger charge is -2.11. The Balaban J connectivity index is 2.25. The van der Waals surface area contributed by atoms with E-state index in [0.29, 0.717) is 16.5 Å². The lowest BCUT2D eigenvalue weighted by atomic mass is 10.0. The number of carbonyl (C=O) groups excluding carboxylic acids is 2. The Kier molecular flexibility index (Phi) is 7.63. The predicted molar refractivity (Wildman–Crippen MR) is 104 cm³/mol. The summed E-state index contributed by atoms with van der Waals surface area (Å²) in [5.74, 6) is -0.777. The van der Waals surface area contributed by atoms with Gasteiger partial charge in [-0.25, -0.2) is 9.59 Å². The van der Waals surface area contributed by atoms with Gasteiger partial charge in [-0.1, -0.05) is 24.3 Å². The number of carbonyl (C=O) groups is 2. The number of halogens is 1. The molecule has 8 heteroatoms. The molecule has 0 aliphatic rings. The Labute approximate surface area is 166 Å². The van der Waals surface area contributed by atoms with E-state index >= 15 is 0 Å². The molecule has 0 N–H and O–H groups in total. The summed E-state index contributed by atoms with van der Waals surface area (Å²) in [5.41, 5.74) is 0.766. The van der Waals surface area contributed by atoms with E-state index < -0.39 is 11.6 Å². The number of ether oxygens (including phenoxy) is 3. The van der Waals surface area contributed by atoms with Crippen LogP contribution in [0.2, 0.25) is 5.02 Å². The van der Waals surface area contributed by atoms with Crippen molar-refractivity contribution in [2.45, 2.75) is 26.7 Å². The van der Waals surface area contributed by atoms with Gasteiger partial charge in [-0.15, -0.1) is 0 Å². The molecule has 2 rings (SSSR count). The quantitative estimate of drug-likeness (QED) is 0.357. The fourth-order valence-electron chi connectivity index (χ4n) is 2.58. The zero-order valence-electron chi connectivity index (χ0n) is 15.7. The normalized spacial score (nSPS) is 10.5. The van der Waals surface area contributed by atoms with Crippen molar-refractivity contribution in [3.63, 3.8) is 0 Å². The second kappa shape index (κ2) is 9.94. The summed E-state index contributed by atoms with van der Waals surface area (Å²) in [6.45, 7) is 6.93. The predicted octanol–water partition coefficient (Wildman–Crippen LogP) is 3.36. The third-order valence-electron chi connectivity index (χ3n) is 3.93. The first-order chi connectivity index (χ1) is 13.4. The summed E-state index contributed by atoms with van der Waals surface area (Å²) in [7, 11) is 0. The minimum atomic E-state index is -0.581. The Morgan fingerprint density at radius 1 is 1.25 bits per heavy atom. The van der Waals surface area contributed by atoms with Crippen LogP contribution in [0.5, 0.6) is 5.75 Å². The van der Waals surface area contributed by atoms with Crippen LogP contribution in [0, 0.1) is 6.92 Å². The van der Waals surface area contributed by atoms with Crippen molar-refractivity contribution in [1.82, 2.24) is 0 Å². The molecule has 0 saturated carbocycles. The van der Waals surface area contributed by atoms with Gasteiger partial charge in [0.05, 0.1) is 11.6 Å². The van der Waals surface area contributed by atoms with Crippen LogP contribution in [0.3, 0.4) is 0 Å². The minimum Gasteiger partial charge on any atom is -0.480 e. The monoisotopic (exact) mass is 408 g/mol. The molecule has 0 aliphatic carbocycles. The molecule has 0 amide bonds. The first kappa shape index (κ1) is 21.5. The average molecular weight is 409 g/mol. The summed E-state index contributed by atoms with van der Waals surface area (Å²) >= 11 is 6.24. The third kappa shape index (κ3) is 5.36. The molecule has 28 heavy (non-hydrogen) atoms. The molecule has 1 aromatic heterocycles. The fraction of sp³-hybridized carbons (Fsp3) is 0.350. The lowest BCUT2D eigenvalue weighted by Crippen LogP contribution is -2.15. The van der Waals surface area contributed by atoms with Crippen molar-refractivity contribution in [2.75, 3.05) is 19.8 Å². The van der Waals surface area contributed by atoms with Crippen molar-refractivity contribution in [3.05, 3.63) is 51.4 Å². The largest absolute Gasteiger partial charge is 0.480 e. The van der Waals surface area contributed by atoms with Crippen molar-refractivity contribution in [1.29, 1.82) is 0 Å². The maximum Gasteiger partial charge on any atom is 0.344 e. The number of esters is 2. The molecule has 1 heterocycles. The fourth-order valence-corrected chi connectivity index (χ4v) is 2.80. The summed E-state index contributed by atoms with van der Waals surface area (Å²) in [6, 6.07) is 3.04. The smallest absolute Gasteiger partial charge is 0.344 e. The number of hydrogen-bond acceptors (Lipinski definition) is 7.